The molecule has 0 bridgehead atoms. The van der Waals surface area contributed by atoms with Gasteiger partial charge in [-0.3, -0.25) is 10.1 Å². The highest BCUT2D eigenvalue weighted by atomic mass is 79.9. The van der Waals surface area contributed by atoms with Crippen LogP contribution in [0.15, 0.2) is 16.6 Å². The Hall–Kier alpha value is -1.04. The third-order valence-corrected chi connectivity index (χ3v) is 2.13. The maximum absolute atomic E-state index is 12.6. The van der Waals surface area contributed by atoms with Gasteiger partial charge in [0.15, 0.2) is 11.6 Å². The van der Waals surface area contributed by atoms with Crippen molar-refractivity contribution in [3.8, 4) is 0 Å². The van der Waals surface area contributed by atoms with Gasteiger partial charge in [-0.05, 0) is 12.1 Å². The van der Waals surface area contributed by atoms with Gasteiger partial charge < -0.3 is 0 Å². The fraction of sp³-hybridized carbons (Fsp3) is 0.143. The molecule has 0 aliphatic heterocycles. The maximum Gasteiger partial charge on any atom is 0.230 e. The van der Waals surface area contributed by atoms with Crippen LogP contribution in [0.4, 0.5) is 8.78 Å². The molecule has 0 N–H and O–H groups in total. The van der Waals surface area contributed by atoms with Crippen LogP contribution in [0, 0.1) is 21.7 Å². The second-order valence-corrected chi connectivity index (χ2v) is 3.20. The lowest BCUT2D eigenvalue weighted by Gasteiger charge is -2.00. The molecule has 1 rings (SSSR count). The van der Waals surface area contributed by atoms with Gasteiger partial charge in [-0.25, -0.2) is 8.78 Å². The highest BCUT2D eigenvalue weighted by Crippen LogP contribution is 2.20. The maximum atomic E-state index is 12.6. The van der Waals surface area contributed by atoms with Crippen LogP contribution in [-0.4, -0.2) is 4.92 Å². The lowest BCUT2D eigenvalue weighted by molar-refractivity contribution is -0.497. The third-order valence-electron chi connectivity index (χ3n) is 1.39. The first-order valence-electron chi connectivity index (χ1n) is 3.26. The summed E-state index contributed by atoms with van der Waals surface area (Å²) in [5.41, 5.74) is 0.115. The SMILES string of the molecule is O=[N+]([O-])Cc1cc(F)c(F)cc1Br. The number of halogens is 3. The van der Waals surface area contributed by atoms with E-state index in [9.17, 15) is 18.9 Å². The molecule has 13 heavy (non-hydrogen) atoms. The molecular formula is C7H4BrF2NO2. The van der Waals surface area contributed by atoms with Gasteiger partial charge in [-0.15, -0.1) is 0 Å². The lowest BCUT2D eigenvalue weighted by Crippen LogP contribution is -2.00. The zero-order chi connectivity index (χ0) is 10.0. The molecule has 70 valence electrons. The Balaban J connectivity index is 3.08. The van der Waals surface area contributed by atoms with E-state index >= 15 is 0 Å². The van der Waals surface area contributed by atoms with Crippen LogP contribution >= 0.6 is 15.9 Å². The summed E-state index contributed by atoms with van der Waals surface area (Å²) >= 11 is 2.90. The number of nitro groups is 1. The van der Waals surface area contributed by atoms with Crippen molar-refractivity contribution in [2.24, 2.45) is 0 Å². The van der Waals surface area contributed by atoms with Crippen LogP contribution in [0.2, 0.25) is 0 Å². The topological polar surface area (TPSA) is 43.1 Å². The van der Waals surface area contributed by atoms with Crippen LogP contribution in [0.25, 0.3) is 0 Å². The zero-order valence-corrected chi connectivity index (χ0v) is 7.85. The smallest absolute Gasteiger partial charge is 0.230 e. The van der Waals surface area contributed by atoms with Crippen molar-refractivity contribution in [2.45, 2.75) is 6.54 Å². The highest BCUT2D eigenvalue weighted by molar-refractivity contribution is 9.10. The Kier molecular flexibility index (Phi) is 2.92. The molecule has 0 atom stereocenters. The Bertz CT molecular complexity index is 357. The normalized spacial score (nSPS) is 10.1. The molecule has 0 saturated carbocycles. The van der Waals surface area contributed by atoms with Crippen LogP contribution < -0.4 is 0 Å². The van der Waals surface area contributed by atoms with E-state index in [1.807, 2.05) is 0 Å². The summed E-state index contributed by atoms with van der Waals surface area (Å²) in [6, 6.07) is 1.68. The fourth-order valence-corrected chi connectivity index (χ4v) is 1.26. The van der Waals surface area contributed by atoms with Gasteiger partial charge in [0, 0.05) is 15.0 Å². The van der Waals surface area contributed by atoms with E-state index in [1.165, 1.54) is 0 Å². The number of hydrogen-bond donors (Lipinski definition) is 0. The molecule has 6 heteroatoms. The quantitative estimate of drug-likeness (QED) is 0.461. The Labute approximate surface area is 80.6 Å². The summed E-state index contributed by atoms with van der Waals surface area (Å²) < 4.78 is 25.3. The number of nitrogens with zero attached hydrogens (tertiary/aromatic N) is 1. The summed E-state index contributed by atoms with van der Waals surface area (Å²) in [5, 5.41) is 10.1. The predicted molar refractivity (Wildman–Crippen MR) is 44.8 cm³/mol. The first-order valence-corrected chi connectivity index (χ1v) is 4.05. The van der Waals surface area contributed by atoms with Crippen LogP contribution in [0.1, 0.15) is 5.56 Å². The van der Waals surface area contributed by atoms with Crippen molar-refractivity contribution < 1.29 is 13.7 Å². The molecule has 0 radical (unpaired) electrons. The van der Waals surface area contributed by atoms with Gasteiger partial charge in [0.25, 0.3) is 0 Å². The largest absolute Gasteiger partial charge is 0.264 e. The molecule has 3 nitrogen and oxygen atoms in total. The van der Waals surface area contributed by atoms with E-state index in [4.69, 9.17) is 0 Å². The van der Waals surface area contributed by atoms with Crippen molar-refractivity contribution in [3.05, 3.63) is 43.9 Å². The fourth-order valence-electron chi connectivity index (χ4n) is 0.824. The summed E-state index contributed by atoms with van der Waals surface area (Å²) in [5.74, 6) is -2.11. The van der Waals surface area contributed by atoms with Crippen molar-refractivity contribution >= 4 is 15.9 Å². The highest BCUT2D eigenvalue weighted by Gasteiger charge is 2.11. The first kappa shape index (κ1) is 10.0. The average molecular weight is 252 g/mol. The van der Waals surface area contributed by atoms with Crippen molar-refractivity contribution in [2.75, 3.05) is 0 Å². The first-order chi connectivity index (χ1) is 6.00. The zero-order valence-electron chi connectivity index (χ0n) is 6.26. The molecule has 0 aliphatic carbocycles. The average Bonchev–Trinajstić information content (AvgIpc) is 1.99. The van der Waals surface area contributed by atoms with Gasteiger partial charge >= 0.3 is 0 Å². The number of rotatable bonds is 2. The summed E-state index contributed by atoms with van der Waals surface area (Å²) in [6.45, 7) is -0.530. The van der Waals surface area contributed by atoms with Gasteiger partial charge in [-0.2, -0.15) is 0 Å². The second-order valence-electron chi connectivity index (χ2n) is 2.35. The van der Waals surface area contributed by atoms with E-state index in [0.717, 1.165) is 12.1 Å². The van der Waals surface area contributed by atoms with E-state index in [0.29, 0.717) is 0 Å². The monoisotopic (exact) mass is 251 g/mol. The number of hydrogen-bond acceptors (Lipinski definition) is 2. The standard InChI is InChI=1S/C7H4BrF2NO2/c8-5-2-7(10)6(9)1-4(5)3-11(12)13/h1-2H,3H2. The molecule has 0 aliphatic rings. The molecule has 1 aromatic carbocycles. The Morgan fingerprint density at radius 2 is 1.92 bits per heavy atom. The lowest BCUT2D eigenvalue weighted by atomic mass is 10.2. The van der Waals surface area contributed by atoms with Gasteiger partial charge in [0.2, 0.25) is 6.54 Å². The van der Waals surface area contributed by atoms with E-state index in [1.54, 1.807) is 0 Å². The van der Waals surface area contributed by atoms with Gasteiger partial charge in [0.05, 0.1) is 0 Å². The van der Waals surface area contributed by atoms with Crippen LogP contribution in [0.5, 0.6) is 0 Å². The minimum Gasteiger partial charge on any atom is -0.264 e. The van der Waals surface area contributed by atoms with E-state index in [2.05, 4.69) is 15.9 Å². The molecule has 0 aromatic heterocycles. The molecule has 0 spiro atoms. The molecule has 0 amide bonds. The third kappa shape index (κ3) is 2.45. The molecule has 0 heterocycles. The molecular weight excluding hydrogens is 248 g/mol. The summed E-state index contributed by atoms with van der Waals surface area (Å²) in [7, 11) is 0. The van der Waals surface area contributed by atoms with Crippen molar-refractivity contribution in [1.82, 2.24) is 0 Å². The summed E-state index contributed by atoms with van der Waals surface area (Å²) in [4.78, 5) is 9.47. The molecule has 0 unspecified atom stereocenters. The van der Waals surface area contributed by atoms with Crippen molar-refractivity contribution in [1.29, 1.82) is 0 Å². The minimum absolute atomic E-state index is 0.115. The number of benzene rings is 1. The Morgan fingerprint density at radius 1 is 1.38 bits per heavy atom. The van der Waals surface area contributed by atoms with Gasteiger partial charge in [-0.1, -0.05) is 15.9 Å². The Morgan fingerprint density at radius 3 is 2.46 bits per heavy atom. The predicted octanol–water partition coefficient (Wildman–Crippen LogP) is 2.50. The van der Waals surface area contributed by atoms with E-state index in [-0.39, 0.29) is 10.0 Å². The molecule has 0 fully saturated rings. The van der Waals surface area contributed by atoms with Crippen LogP contribution in [-0.2, 0) is 6.54 Å². The van der Waals surface area contributed by atoms with Crippen LogP contribution in [0.3, 0.4) is 0 Å². The molecule has 1 aromatic rings. The molecule has 0 saturated heterocycles. The second kappa shape index (κ2) is 3.78. The van der Waals surface area contributed by atoms with Crippen molar-refractivity contribution in [3.63, 3.8) is 0 Å². The minimum atomic E-state index is -1.08. The van der Waals surface area contributed by atoms with E-state index < -0.39 is 23.1 Å². The summed E-state index contributed by atoms with van der Waals surface area (Å²) in [6.07, 6.45) is 0. The van der Waals surface area contributed by atoms with Gasteiger partial charge in [0.1, 0.15) is 0 Å².